The second-order valence-electron chi connectivity index (χ2n) is 5.88. The molecule has 25 heavy (non-hydrogen) atoms. The third-order valence-corrected chi connectivity index (χ3v) is 4.15. The van der Waals surface area contributed by atoms with Crippen molar-refractivity contribution in [1.82, 2.24) is 20.5 Å². The van der Waals surface area contributed by atoms with Gasteiger partial charge in [-0.25, -0.2) is 0 Å². The Morgan fingerprint density at radius 3 is 2.08 bits per heavy atom. The molecule has 2 N–H and O–H groups in total. The summed E-state index contributed by atoms with van der Waals surface area (Å²) >= 11 is 0. The zero-order valence-electron chi connectivity index (χ0n) is 14.1. The van der Waals surface area contributed by atoms with Crippen LogP contribution in [0.1, 0.15) is 26.4 Å². The molecular weight excluding hydrogens is 316 g/mol. The van der Waals surface area contributed by atoms with E-state index in [9.17, 15) is 9.59 Å². The van der Waals surface area contributed by atoms with Crippen LogP contribution in [0.2, 0.25) is 0 Å². The number of carbonyl (C=O) groups is 2. The van der Waals surface area contributed by atoms with Crippen molar-refractivity contribution in [3.05, 3.63) is 65.5 Å². The third kappa shape index (κ3) is 4.29. The summed E-state index contributed by atoms with van der Waals surface area (Å²) in [7, 11) is 0. The van der Waals surface area contributed by atoms with E-state index in [1.165, 1.54) is 4.90 Å². The Morgan fingerprint density at radius 2 is 1.44 bits per heavy atom. The molecule has 0 saturated heterocycles. The van der Waals surface area contributed by atoms with Crippen LogP contribution >= 0.6 is 0 Å². The molecule has 3 rings (SSSR count). The number of fused-ring (bicyclic) bond motifs is 1. The number of amides is 2. The van der Waals surface area contributed by atoms with Gasteiger partial charge in [-0.3, -0.25) is 19.5 Å². The van der Waals surface area contributed by atoms with Gasteiger partial charge in [0.05, 0.1) is 11.1 Å². The fourth-order valence-corrected chi connectivity index (χ4v) is 2.82. The molecule has 2 amide bonds. The van der Waals surface area contributed by atoms with Crippen molar-refractivity contribution in [2.45, 2.75) is 6.42 Å². The first-order valence-electron chi connectivity index (χ1n) is 8.54. The number of hydrogen-bond acceptors (Lipinski definition) is 5. The number of hydrogen-bond donors (Lipinski definition) is 2. The van der Waals surface area contributed by atoms with Gasteiger partial charge >= 0.3 is 0 Å². The quantitative estimate of drug-likeness (QED) is 0.529. The first kappa shape index (κ1) is 17.3. The Labute approximate surface area is 147 Å². The number of nitrogens with one attached hydrogen (secondary N) is 2. The highest BCUT2D eigenvalue weighted by molar-refractivity contribution is 6.21. The predicted molar refractivity (Wildman–Crippen MR) is 95.5 cm³/mol. The largest absolute Gasteiger partial charge is 0.315 e. The van der Waals surface area contributed by atoms with Crippen molar-refractivity contribution >= 4 is 11.8 Å². The highest BCUT2D eigenvalue weighted by atomic mass is 16.2. The van der Waals surface area contributed by atoms with Gasteiger partial charge in [0.25, 0.3) is 11.8 Å². The van der Waals surface area contributed by atoms with Gasteiger partial charge in [-0.2, -0.15) is 0 Å². The lowest BCUT2D eigenvalue weighted by Crippen LogP contribution is -2.38. The van der Waals surface area contributed by atoms with Gasteiger partial charge in [0.15, 0.2) is 0 Å². The van der Waals surface area contributed by atoms with Crippen molar-refractivity contribution in [2.75, 3.05) is 32.7 Å². The van der Waals surface area contributed by atoms with Gasteiger partial charge in [-0.1, -0.05) is 18.2 Å². The van der Waals surface area contributed by atoms with Crippen LogP contribution in [0, 0.1) is 0 Å². The van der Waals surface area contributed by atoms with Crippen LogP contribution in [-0.4, -0.2) is 54.4 Å². The van der Waals surface area contributed by atoms with Crippen LogP contribution in [0.15, 0.2) is 48.7 Å². The number of pyridine rings is 1. The van der Waals surface area contributed by atoms with E-state index in [2.05, 4.69) is 15.6 Å². The SMILES string of the molecule is O=C1c2ccccc2C(=O)N1CCNCCNCCc1ccccn1. The number of carbonyl (C=O) groups excluding carboxylic acids is 2. The normalized spacial score (nSPS) is 13.4. The van der Waals surface area contributed by atoms with Crippen LogP contribution < -0.4 is 10.6 Å². The van der Waals surface area contributed by atoms with Gasteiger partial charge in [0.2, 0.25) is 0 Å². The lowest BCUT2D eigenvalue weighted by molar-refractivity contribution is 0.0655. The molecule has 1 aliphatic heterocycles. The van der Waals surface area contributed by atoms with Gasteiger partial charge in [-0.05, 0) is 24.3 Å². The minimum Gasteiger partial charge on any atom is -0.315 e. The van der Waals surface area contributed by atoms with E-state index in [4.69, 9.17) is 0 Å². The molecule has 0 aliphatic carbocycles. The van der Waals surface area contributed by atoms with E-state index >= 15 is 0 Å². The molecule has 0 unspecified atom stereocenters. The average Bonchev–Trinajstić information content (AvgIpc) is 2.90. The van der Waals surface area contributed by atoms with Crippen LogP contribution in [-0.2, 0) is 6.42 Å². The molecule has 0 fully saturated rings. The molecule has 0 atom stereocenters. The Bertz CT molecular complexity index is 698. The Hall–Kier alpha value is -2.57. The molecule has 1 aromatic heterocycles. The molecular formula is C19H22N4O2. The number of nitrogens with zero attached hydrogens (tertiary/aromatic N) is 2. The molecule has 0 saturated carbocycles. The first-order valence-corrected chi connectivity index (χ1v) is 8.54. The first-order chi connectivity index (χ1) is 12.3. The summed E-state index contributed by atoms with van der Waals surface area (Å²) in [6.45, 7) is 3.46. The highest BCUT2D eigenvalue weighted by Gasteiger charge is 2.34. The maximum absolute atomic E-state index is 12.2. The van der Waals surface area contributed by atoms with Gasteiger partial charge in [-0.15, -0.1) is 0 Å². The summed E-state index contributed by atoms with van der Waals surface area (Å²) in [6, 6.07) is 12.9. The Kier molecular flexibility index (Phi) is 5.87. The lowest BCUT2D eigenvalue weighted by atomic mass is 10.1. The van der Waals surface area contributed by atoms with E-state index in [1.54, 1.807) is 30.5 Å². The molecule has 6 nitrogen and oxygen atoms in total. The average molecular weight is 338 g/mol. The Morgan fingerprint density at radius 1 is 0.800 bits per heavy atom. The molecule has 130 valence electrons. The second-order valence-corrected chi connectivity index (χ2v) is 5.88. The molecule has 1 aliphatic rings. The number of rotatable bonds is 9. The van der Waals surface area contributed by atoms with Gasteiger partial charge in [0, 0.05) is 51.0 Å². The lowest BCUT2D eigenvalue weighted by Gasteiger charge is -2.14. The summed E-state index contributed by atoms with van der Waals surface area (Å²) in [4.78, 5) is 30.0. The van der Waals surface area contributed by atoms with E-state index < -0.39 is 0 Å². The van der Waals surface area contributed by atoms with E-state index in [0.29, 0.717) is 24.2 Å². The van der Waals surface area contributed by atoms with Crippen molar-refractivity contribution < 1.29 is 9.59 Å². The molecule has 1 aromatic carbocycles. The number of benzene rings is 1. The third-order valence-electron chi connectivity index (χ3n) is 4.15. The van der Waals surface area contributed by atoms with Crippen LogP contribution in [0.5, 0.6) is 0 Å². The van der Waals surface area contributed by atoms with Crippen LogP contribution in [0.4, 0.5) is 0 Å². The summed E-state index contributed by atoms with van der Waals surface area (Å²) in [6.07, 6.45) is 2.70. The fourth-order valence-electron chi connectivity index (χ4n) is 2.82. The highest BCUT2D eigenvalue weighted by Crippen LogP contribution is 2.21. The summed E-state index contributed by atoms with van der Waals surface area (Å²) in [5.74, 6) is -0.397. The summed E-state index contributed by atoms with van der Waals surface area (Å²) < 4.78 is 0. The molecule has 0 radical (unpaired) electrons. The van der Waals surface area contributed by atoms with Gasteiger partial charge < -0.3 is 10.6 Å². The van der Waals surface area contributed by atoms with E-state index in [0.717, 1.165) is 31.7 Å². The minimum absolute atomic E-state index is 0.198. The number of imide groups is 1. The molecule has 6 heteroatoms. The zero-order valence-corrected chi connectivity index (χ0v) is 14.1. The molecule has 0 bridgehead atoms. The molecule has 2 aromatic rings. The van der Waals surface area contributed by atoms with Gasteiger partial charge in [0.1, 0.15) is 0 Å². The number of aromatic nitrogens is 1. The summed E-state index contributed by atoms with van der Waals surface area (Å²) in [5.41, 5.74) is 2.08. The predicted octanol–water partition coefficient (Wildman–Crippen LogP) is 1.10. The maximum Gasteiger partial charge on any atom is 0.261 e. The monoisotopic (exact) mass is 338 g/mol. The van der Waals surface area contributed by atoms with Crippen molar-refractivity contribution in [1.29, 1.82) is 0 Å². The Balaban J connectivity index is 1.29. The van der Waals surface area contributed by atoms with Crippen molar-refractivity contribution in [3.8, 4) is 0 Å². The van der Waals surface area contributed by atoms with E-state index in [1.807, 2.05) is 18.2 Å². The second kappa shape index (κ2) is 8.50. The topological polar surface area (TPSA) is 74.3 Å². The standard InChI is InChI=1S/C19H22N4O2/c24-18-16-6-1-2-7-17(16)19(25)23(18)14-13-21-12-11-20-10-8-15-5-3-4-9-22-15/h1-7,9,20-21H,8,10-14H2. The smallest absolute Gasteiger partial charge is 0.261 e. The van der Waals surface area contributed by atoms with Crippen molar-refractivity contribution in [2.24, 2.45) is 0 Å². The molecule has 2 heterocycles. The van der Waals surface area contributed by atoms with Crippen LogP contribution in [0.25, 0.3) is 0 Å². The summed E-state index contributed by atoms with van der Waals surface area (Å²) in [5, 5.41) is 6.60. The van der Waals surface area contributed by atoms with E-state index in [-0.39, 0.29) is 11.8 Å². The fraction of sp³-hybridized carbons (Fsp3) is 0.316. The van der Waals surface area contributed by atoms with Crippen LogP contribution in [0.3, 0.4) is 0 Å². The van der Waals surface area contributed by atoms with Crippen molar-refractivity contribution in [3.63, 3.8) is 0 Å². The minimum atomic E-state index is -0.198. The molecule has 0 spiro atoms. The zero-order chi connectivity index (χ0) is 17.5. The maximum atomic E-state index is 12.2.